The highest BCUT2D eigenvalue weighted by Gasteiger charge is 2.52. The van der Waals surface area contributed by atoms with E-state index in [-0.39, 0.29) is 45.2 Å². The number of carboxylic acid groups (broad SMARTS) is 1. The molecule has 0 fully saturated rings. The van der Waals surface area contributed by atoms with Gasteiger partial charge in [-0.2, -0.15) is 0 Å². The number of aliphatic carboxylic acids is 1. The van der Waals surface area contributed by atoms with Crippen molar-refractivity contribution in [2.75, 3.05) is 46.1 Å². The maximum atomic E-state index is 13.7. The fourth-order valence-corrected chi connectivity index (χ4v) is 9.32. The number of nitrogens with one attached hydrogen (secondary N) is 4. The second kappa shape index (κ2) is 22.6. The van der Waals surface area contributed by atoms with Crippen molar-refractivity contribution in [3.63, 3.8) is 0 Å². The highest BCUT2D eigenvalue weighted by atomic mass is 31.2. The number of carbonyl (C=O) groups excluding carboxylic acids is 4. The third kappa shape index (κ3) is 15.1. The van der Waals surface area contributed by atoms with Crippen LogP contribution in [0.1, 0.15) is 38.8 Å². The number of ether oxygens (including phenoxy) is 2. The van der Waals surface area contributed by atoms with Crippen LogP contribution in [0, 0.1) is 0 Å². The van der Waals surface area contributed by atoms with Gasteiger partial charge in [-0.3, -0.25) is 23.5 Å². The molecule has 2 aromatic carbocycles. The van der Waals surface area contributed by atoms with Crippen molar-refractivity contribution < 1.29 is 65.8 Å². The Labute approximate surface area is 301 Å². The Morgan fingerprint density at radius 3 is 1.73 bits per heavy atom. The van der Waals surface area contributed by atoms with E-state index in [2.05, 4.69) is 21.3 Å². The molecule has 0 aliphatic carbocycles. The largest absolute Gasteiger partial charge is 0.482 e. The molecule has 0 saturated heterocycles. The van der Waals surface area contributed by atoms with E-state index in [1.165, 1.54) is 52.0 Å². The molecule has 52 heavy (non-hydrogen) atoms. The number of alkyl carbamates (subject to hydrolysis) is 1. The second-order valence-electron chi connectivity index (χ2n) is 10.5. The van der Waals surface area contributed by atoms with Crippen molar-refractivity contribution in [3.05, 3.63) is 65.7 Å². The van der Waals surface area contributed by atoms with E-state index in [1.54, 1.807) is 30.3 Å². The molecule has 20 heteroatoms. The molecule has 0 unspecified atom stereocenters. The van der Waals surface area contributed by atoms with Crippen LogP contribution in [-0.2, 0) is 64.2 Å². The Balaban J connectivity index is 2.19. The van der Waals surface area contributed by atoms with Gasteiger partial charge in [-0.25, -0.2) is 9.59 Å². The second-order valence-corrected chi connectivity index (χ2v) is 15.1. The lowest BCUT2D eigenvalue weighted by atomic mass is 10.0. The summed E-state index contributed by atoms with van der Waals surface area (Å²) >= 11 is 0. The number of rotatable bonds is 24. The number of amides is 4. The van der Waals surface area contributed by atoms with E-state index in [1.807, 2.05) is 0 Å². The topological polar surface area (TPSA) is 243 Å². The van der Waals surface area contributed by atoms with Gasteiger partial charge in [-0.15, -0.1) is 0 Å². The van der Waals surface area contributed by atoms with Gasteiger partial charge in [0.05, 0.1) is 33.0 Å². The summed E-state index contributed by atoms with van der Waals surface area (Å²) in [4.78, 5) is 62.4. The molecular formula is C32H46N4O14P2. The van der Waals surface area contributed by atoms with Crippen LogP contribution in [-0.4, -0.2) is 92.6 Å². The minimum atomic E-state index is -4.35. The van der Waals surface area contributed by atoms with Crippen molar-refractivity contribution in [2.24, 2.45) is 0 Å². The third-order valence-corrected chi connectivity index (χ3v) is 12.2. The zero-order chi connectivity index (χ0) is 38.6. The number of benzene rings is 2. The zero-order valence-corrected chi connectivity index (χ0v) is 31.2. The number of hydrogen-bond donors (Lipinski definition) is 5. The highest BCUT2D eigenvalue weighted by molar-refractivity contribution is 7.72. The molecule has 0 aliphatic rings. The summed E-state index contributed by atoms with van der Waals surface area (Å²) in [5, 5.41) is 18.3. The Morgan fingerprint density at radius 1 is 0.692 bits per heavy atom. The highest BCUT2D eigenvalue weighted by Crippen LogP contribution is 2.69. The summed E-state index contributed by atoms with van der Waals surface area (Å²) in [6.07, 6.45) is -0.997. The molecule has 0 aromatic heterocycles. The predicted molar refractivity (Wildman–Crippen MR) is 186 cm³/mol. The standard InChI is InChI=1S/C32H46N4O14P2/c1-5-47-51(43,48-6-2)32(52(44,49-7-3)50-8-4)36-28(38)19-33-30(41)26(18-23-14-16-25(17-15-23)45-22-29(39)40)35-27(37)20-34-31(42)46-21-24-12-10-9-11-13-24/h9-17,26,32H,5-8,18-22H2,1-4H3,(H,33,41)(H,34,42)(H,35,37)(H,36,38)(H,39,40)/t26-/m0/s1. The summed E-state index contributed by atoms with van der Waals surface area (Å²) in [6, 6.07) is 13.6. The molecule has 4 amide bonds. The van der Waals surface area contributed by atoms with Crippen LogP contribution < -0.4 is 26.0 Å². The van der Waals surface area contributed by atoms with E-state index in [0.717, 1.165) is 5.56 Å². The monoisotopic (exact) mass is 772 g/mol. The van der Waals surface area contributed by atoms with Gasteiger partial charge in [0.2, 0.25) is 23.2 Å². The molecular weight excluding hydrogens is 726 g/mol. The van der Waals surface area contributed by atoms with E-state index in [0.29, 0.717) is 5.56 Å². The number of carbonyl (C=O) groups is 5. The first kappa shape index (κ1) is 43.9. The molecule has 0 saturated carbocycles. The average molecular weight is 773 g/mol. The molecule has 0 heterocycles. The van der Waals surface area contributed by atoms with Crippen LogP contribution in [0.4, 0.5) is 4.79 Å². The molecule has 2 aromatic rings. The molecule has 0 spiro atoms. The summed E-state index contributed by atoms with van der Waals surface area (Å²) < 4.78 is 59.0. The van der Waals surface area contributed by atoms with Crippen LogP contribution in [0.3, 0.4) is 0 Å². The Hall–Kier alpha value is -4.31. The van der Waals surface area contributed by atoms with Crippen LogP contribution in [0.15, 0.2) is 54.6 Å². The summed E-state index contributed by atoms with van der Waals surface area (Å²) in [5.74, 6) is -3.51. The van der Waals surface area contributed by atoms with Crippen molar-refractivity contribution in [1.29, 1.82) is 0 Å². The lowest BCUT2D eigenvalue weighted by Crippen LogP contribution is -2.52. The van der Waals surface area contributed by atoms with Crippen molar-refractivity contribution in [2.45, 2.75) is 52.3 Å². The van der Waals surface area contributed by atoms with Gasteiger partial charge in [0, 0.05) is 6.42 Å². The van der Waals surface area contributed by atoms with E-state index < -0.39 is 76.2 Å². The quantitative estimate of drug-likeness (QED) is 0.0964. The molecule has 2 rings (SSSR count). The molecule has 288 valence electrons. The molecule has 0 aliphatic heterocycles. The fraction of sp³-hybridized carbons (Fsp3) is 0.469. The zero-order valence-electron chi connectivity index (χ0n) is 29.4. The van der Waals surface area contributed by atoms with E-state index in [4.69, 9.17) is 32.7 Å². The van der Waals surface area contributed by atoms with Crippen molar-refractivity contribution >= 4 is 45.0 Å². The smallest absolute Gasteiger partial charge is 0.407 e. The number of carboxylic acids is 1. The van der Waals surface area contributed by atoms with Gasteiger partial charge < -0.3 is 53.9 Å². The maximum Gasteiger partial charge on any atom is 0.407 e. The Bertz CT molecular complexity index is 1510. The van der Waals surface area contributed by atoms with Gasteiger partial charge >= 0.3 is 27.3 Å². The lowest BCUT2D eigenvalue weighted by Gasteiger charge is -2.31. The van der Waals surface area contributed by atoms with Crippen molar-refractivity contribution in [1.82, 2.24) is 21.3 Å². The molecule has 0 radical (unpaired) electrons. The van der Waals surface area contributed by atoms with E-state index >= 15 is 0 Å². The third-order valence-electron chi connectivity index (χ3n) is 6.53. The fourth-order valence-electron chi connectivity index (χ4n) is 4.38. The Morgan fingerprint density at radius 2 is 1.21 bits per heavy atom. The van der Waals surface area contributed by atoms with Gasteiger partial charge in [0.25, 0.3) is 0 Å². The molecule has 1 atom stereocenters. The van der Waals surface area contributed by atoms with Crippen LogP contribution in [0.25, 0.3) is 0 Å². The Kier molecular flexibility index (Phi) is 19.0. The summed E-state index contributed by atoms with van der Waals surface area (Å²) in [6.45, 7) is 3.63. The first-order valence-electron chi connectivity index (χ1n) is 16.3. The SMILES string of the molecule is CCOP(=O)(OCC)C(NC(=O)CNC(=O)[C@H](Cc1ccc(OCC(=O)O)cc1)NC(=O)CNC(=O)OCc1ccccc1)P(=O)(OCC)OCC. The van der Waals surface area contributed by atoms with Gasteiger partial charge in [-0.1, -0.05) is 42.5 Å². The molecule has 18 nitrogen and oxygen atoms in total. The molecule has 0 bridgehead atoms. The van der Waals surface area contributed by atoms with Crippen LogP contribution in [0.5, 0.6) is 5.75 Å². The number of hydrogen-bond acceptors (Lipinski definition) is 13. The average Bonchev–Trinajstić information content (AvgIpc) is 3.11. The predicted octanol–water partition coefficient (Wildman–Crippen LogP) is 3.15. The minimum absolute atomic E-state index is 0.0381. The van der Waals surface area contributed by atoms with Gasteiger partial charge in [0.1, 0.15) is 24.9 Å². The van der Waals surface area contributed by atoms with Crippen molar-refractivity contribution in [3.8, 4) is 5.75 Å². The maximum absolute atomic E-state index is 13.7. The normalized spacial score (nSPS) is 12.0. The van der Waals surface area contributed by atoms with Crippen LogP contribution >= 0.6 is 15.2 Å². The first-order chi connectivity index (χ1) is 24.8. The minimum Gasteiger partial charge on any atom is -0.482 e. The van der Waals surface area contributed by atoms with Gasteiger partial charge in [-0.05, 0) is 51.0 Å². The summed E-state index contributed by atoms with van der Waals surface area (Å²) in [7, 11) is -8.70. The van der Waals surface area contributed by atoms with E-state index in [9.17, 15) is 33.1 Å². The molecule has 5 N–H and O–H groups in total. The summed E-state index contributed by atoms with van der Waals surface area (Å²) in [5.41, 5.74) is -0.647. The van der Waals surface area contributed by atoms with Gasteiger partial charge in [0.15, 0.2) is 6.61 Å². The van der Waals surface area contributed by atoms with Crippen LogP contribution in [0.2, 0.25) is 0 Å². The first-order valence-corrected chi connectivity index (χ1v) is 19.5. The lowest BCUT2D eigenvalue weighted by molar-refractivity contribution is -0.139.